The first-order valence-corrected chi connectivity index (χ1v) is 4.81. The quantitative estimate of drug-likeness (QED) is 0.829. The Hall–Kier alpha value is -2.20. The Morgan fingerprint density at radius 3 is 2.56 bits per heavy atom. The molecule has 1 rings (SSSR count). The molecule has 0 heterocycles. The summed E-state index contributed by atoms with van der Waals surface area (Å²) in [7, 11) is 0. The predicted octanol–water partition coefficient (Wildman–Crippen LogP) is 1.28. The Kier molecular flexibility index (Phi) is 4.57. The molecule has 0 amide bonds. The zero-order valence-electron chi connectivity index (χ0n) is 9.06. The van der Waals surface area contributed by atoms with Crippen molar-refractivity contribution in [3.63, 3.8) is 0 Å². The number of carboxylic acid groups (broad SMARTS) is 1. The first-order valence-electron chi connectivity index (χ1n) is 4.81. The Bertz CT molecular complexity index is 497. The van der Waals surface area contributed by atoms with E-state index in [1.807, 2.05) is 0 Å². The number of benzene rings is 1. The normalized spacial score (nSPS) is 10.2. The molecular weight excluding hydrogens is 248 g/mol. The van der Waals surface area contributed by atoms with Crippen molar-refractivity contribution >= 4 is 5.97 Å². The van der Waals surface area contributed by atoms with Gasteiger partial charge in [0.2, 0.25) is 0 Å². The maximum atomic E-state index is 12.1. The van der Waals surface area contributed by atoms with Crippen LogP contribution in [0.1, 0.15) is 16.7 Å². The lowest BCUT2D eigenvalue weighted by Crippen LogP contribution is -2.08. The molecule has 0 saturated heterocycles. The van der Waals surface area contributed by atoms with Crippen LogP contribution in [0.2, 0.25) is 0 Å². The summed E-state index contributed by atoms with van der Waals surface area (Å²) < 4.78 is 28.4. The van der Waals surface area contributed by atoms with Crippen molar-refractivity contribution in [1.29, 1.82) is 5.26 Å². The van der Waals surface area contributed by atoms with E-state index in [0.717, 1.165) is 6.07 Å². The molecule has 0 fully saturated rings. The van der Waals surface area contributed by atoms with Gasteiger partial charge in [0.05, 0.1) is 24.7 Å². The second-order valence-corrected chi connectivity index (χ2v) is 3.34. The lowest BCUT2D eigenvalue weighted by Gasteiger charge is -2.11. The topological polar surface area (TPSA) is 90.5 Å². The summed E-state index contributed by atoms with van der Waals surface area (Å²) in [6.07, 6.45) is -0.440. The summed E-state index contributed by atoms with van der Waals surface area (Å²) in [5.41, 5.74) is 0.0615. The minimum Gasteiger partial charge on any atom is -0.481 e. The molecule has 7 heteroatoms. The smallest absolute Gasteiger partial charge is 0.387 e. The molecule has 0 aliphatic carbocycles. The van der Waals surface area contributed by atoms with Gasteiger partial charge < -0.3 is 14.9 Å². The molecule has 0 atom stereocenters. The largest absolute Gasteiger partial charge is 0.481 e. The maximum Gasteiger partial charge on any atom is 0.387 e. The lowest BCUT2D eigenvalue weighted by atomic mass is 10.0. The number of aliphatic carboxylic acids is 1. The van der Waals surface area contributed by atoms with Gasteiger partial charge in [-0.05, 0) is 17.7 Å². The van der Waals surface area contributed by atoms with Crippen molar-refractivity contribution in [2.45, 2.75) is 19.6 Å². The Labute approximate surface area is 101 Å². The van der Waals surface area contributed by atoms with Crippen LogP contribution < -0.4 is 4.74 Å². The van der Waals surface area contributed by atoms with Crippen LogP contribution in [0.5, 0.6) is 5.75 Å². The van der Waals surface area contributed by atoms with Gasteiger partial charge in [0.1, 0.15) is 5.75 Å². The second kappa shape index (κ2) is 5.93. The molecule has 0 aliphatic heterocycles. The first kappa shape index (κ1) is 13.9. The molecule has 5 nitrogen and oxygen atoms in total. The zero-order chi connectivity index (χ0) is 13.7. The summed E-state index contributed by atoms with van der Waals surface area (Å²) in [4.78, 5) is 10.6. The van der Waals surface area contributed by atoms with Gasteiger partial charge in [0.25, 0.3) is 0 Å². The van der Waals surface area contributed by atoms with Crippen LogP contribution in [0.15, 0.2) is 12.1 Å². The fourth-order valence-electron chi connectivity index (χ4n) is 1.42. The number of halogens is 2. The van der Waals surface area contributed by atoms with E-state index in [2.05, 4.69) is 4.74 Å². The summed E-state index contributed by atoms with van der Waals surface area (Å²) in [6.45, 7) is -3.69. The van der Waals surface area contributed by atoms with Crippen LogP contribution in [0, 0.1) is 11.3 Å². The third-order valence-electron chi connectivity index (χ3n) is 2.13. The van der Waals surface area contributed by atoms with E-state index in [1.165, 1.54) is 6.07 Å². The zero-order valence-corrected chi connectivity index (χ0v) is 9.06. The fraction of sp³-hybridized carbons (Fsp3) is 0.273. The molecular formula is C11H9F2NO4. The summed E-state index contributed by atoms with van der Waals surface area (Å²) >= 11 is 0. The van der Waals surface area contributed by atoms with Crippen molar-refractivity contribution in [3.8, 4) is 11.8 Å². The number of alkyl halides is 2. The van der Waals surface area contributed by atoms with E-state index in [9.17, 15) is 13.6 Å². The molecule has 1 aromatic carbocycles. The molecule has 0 radical (unpaired) electrons. The monoisotopic (exact) mass is 257 g/mol. The summed E-state index contributed by atoms with van der Waals surface area (Å²) in [6, 6.07) is 3.86. The van der Waals surface area contributed by atoms with E-state index < -0.39 is 25.6 Å². The van der Waals surface area contributed by atoms with Gasteiger partial charge in [-0.2, -0.15) is 14.0 Å². The van der Waals surface area contributed by atoms with Crippen LogP contribution in [0.25, 0.3) is 0 Å². The van der Waals surface area contributed by atoms with Gasteiger partial charge in [-0.3, -0.25) is 4.79 Å². The minimum absolute atomic E-state index is 0.00514. The van der Waals surface area contributed by atoms with Crippen molar-refractivity contribution in [3.05, 3.63) is 28.8 Å². The highest BCUT2D eigenvalue weighted by Crippen LogP contribution is 2.25. The average molecular weight is 257 g/mol. The van der Waals surface area contributed by atoms with E-state index in [1.54, 1.807) is 6.07 Å². The molecule has 0 saturated carbocycles. The number of hydrogen-bond donors (Lipinski definition) is 2. The molecule has 0 spiro atoms. The number of rotatable bonds is 5. The van der Waals surface area contributed by atoms with Gasteiger partial charge in [0.15, 0.2) is 0 Å². The number of aliphatic hydroxyl groups is 1. The molecule has 2 N–H and O–H groups in total. The number of aliphatic hydroxyl groups excluding tert-OH is 1. The van der Waals surface area contributed by atoms with Crippen molar-refractivity contribution in [2.24, 2.45) is 0 Å². The Balaban J connectivity index is 3.24. The Morgan fingerprint density at radius 2 is 2.11 bits per heavy atom. The van der Waals surface area contributed by atoms with Gasteiger partial charge in [-0.25, -0.2) is 0 Å². The van der Waals surface area contributed by atoms with Crippen molar-refractivity contribution in [2.75, 3.05) is 0 Å². The third-order valence-corrected chi connectivity index (χ3v) is 2.13. The van der Waals surface area contributed by atoms with Crippen molar-refractivity contribution < 1.29 is 28.5 Å². The molecule has 0 aromatic heterocycles. The number of carboxylic acids is 1. The van der Waals surface area contributed by atoms with Gasteiger partial charge in [-0.1, -0.05) is 0 Å². The highest BCUT2D eigenvalue weighted by Gasteiger charge is 2.15. The highest BCUT2D eigenvalue weighted by molar-refractivity contribution is 5.72. The van der Waals surface area contributed by atoms with Crippen LogP contribution in [-0.4, -0.2) is 22.8 Å². The average Bonchev–Trinajstić information content (AvgIpc) is 2.29. The van der Waals surface area contributed by atoms with E-state index in [0.29, 0.717) is 0 Å². The number of ether oxygens (including phenoxy) is 1. The van der Waals surface area contributed by atoms with Gasteiger partial charge in [0, 0.05) is 5.56 Å². The molecule has 0 unspecified atom stereocenters. The SMILES string of the molecule is N#Cc1cc(OC(F)F)c(CO)cc1CC(=O)O. The van der Waals surface area contributed by atoms with Crippen LogP contribution in [-0.2, 0) is 17.8 Å². The lowest BCUT2D eigenvalue weighted by molar-refractivity contribution is -0.136. The first-order chi connectivity index (χ1) is 8.47. The maximum absolute atomic E-state index is 12.1. The number of carbonyl (C=O) groups is 1. The van der Waals surface area contributed by atoms with E-state index >= 15 is 0 Å². The number of nitriles is 1. The number of hydrogen-bond acceptors (Lipinski definition) is 4. The van der Waals surface area contributed by atoms with Crippen LogP contribution in [0.3, 0.4) is 0 Å². The predicted molar refractivity (Wildman–Crippen MR) is 55.1 cm³/mol. The molecule has 0 aliphatic rings. The van der Waals surface area contributed by atoms with E-state index in [4.69, 9.17) is 15.5 Å². The molecule has 1 aromatic rings. The van der Waals surface area contributed by atoms with Crippen molar-refractivity contribution in [1.82, 2.24) is 0 Å². The fourth-order valence-corrected chi connectivity index (χ4v) is 1.42. The van der Waals surface area contributed by atoms with Gasteiger partial charge in [-0.15, -0.1) is 0 Å². The second-order valence-electron chi connectivity index (χ2n) is 3.34. The molecule has 0 bridgehead atoms. The molecule has 18 heavy (non-hydrogen) atoms. The standard InChI is InChI=1S/C11H9F2NO4/c12-11(13)18-9-2-7(4-14)6(3-10(16)17)1-8(9)5-15/h1-2,11,15H,3,5H2,(H,16,17). The Morgan fingerprint density at radius 1 is 1.44 bits per heavy atom. The molecule has 96 valence electrons. The third kappa shape index (κ3) is 3.40. The minimum atomic E-state index is -3.09. The van der Waals surface area contributed by atoms with Crippen LogP contribution >= 0.6 is 0 Å². The summed E-state index contributed by atoms with van der Waals surface area (Å²) in [5, 5.41) is 26.4. The number of nitrogens with zero attached hydrogens (tertiary/aromatic N) is 1. The summed E-state index contributed by atoms with van der Waals surface area (Å²) in [5.74, 6) is -1.50. The van der Waals surface area contributed by atoms with Gasteiger partial charge >= 0.3 is 12.6 Å². The van der Waals surface area contributed by atoms with E-state index in [-0.39, 0.29) is 22.4 Å². The highest BCUT2D eigenvalue weighted by atomic mass is 19.3. The van der Waals surface area contributed by atoms with Crippen LogP contribution in [0.4, 0.5) is 8.78 Å².